The van der Waals surface area contributed by atoms with Gasteiger partial charge in [-0.2, -0.15) is 0 Å². The fourth-order valence-electron chi connectivity index (χ4n) is 1.89. The van der Waals surface area contributed by atoms with Gasteiger partial charge in [-0.25, -0.2) is 0 Å². The Morgan fingerprint density at radius 3 is 2.67 bits per heavy atom. The number of methoxy groups -OCH3 is 1. The molecule has 0 saturated heterocycles. The molecule has 0 heterocycles. The molecule has 0 bridgehead atoms. The van der Waals surface area contributed by atoms with Crippen molar-refractivity contribution in [1.82, 2.24) is 0 Å². The summed E-state index contributed by atoms with van der Waals surface area (Å²) in [6, 6.07) is 7.67. The van der Waals surface area contributed by atoms with E-state index in [1.807, 2.05) is 31.2 Å². The molecule has 4 nitrogen and oxygen atoms in total. The van der Waals surface area contributed by atoms with Gasteiger partial charge in [-0.05, 0) is 31.9 Å². The molecular weight excluding hydrogens is 230 g/mol. The molecule has 0 aliphatic rings. The van der Waals surface area contributed by atoms with E-state index in [2.05, 4.69) is 0 Å². The molecule has 0 aromatic heterocycles. The van der Waals surface area contributed by atoms with E-state index < -0.39 is 5.54 Å². The first-order valence-electron chi connectivity index (χ1n) is 6.05. The summed E-state index contributed by atoms with van der Waals surface area (Å²) in [6.45, 7) is 4.01. The minimum atomic E-state index is -0.638. The second-order valence-electron chi connectivity index (χ2n) is 4.62. The third kappa shape index (κ3) is 4.37. The summed E-state index contributed by atoms with van der Waals surface area (Å²) in [5, 5.41) is 0. The van der Waals surface area contributed by atoms with Crippen LogP contribution in [0.25, 0.3) is 0 Å². The first-order chi connectivity index (χ1) is 8.48. The lowest BCUT2D eigenvalue weighted by molar-refractivity contribution is -0.144. The van der Waals surface area contributed by atoms with Crippen LogP contribution in [0.1, 0.15) is 25.8 Å². The van der Waals surface area contributed by atoms with Crippen molar-refractivity contribution in [2.75, 3.05) is 13.7 Å². The summed E-state index contributed by atoms with van der Waals surface area (Å²) in [6.07, 6.45) is 0.759. The zero-order valence-corrected chi connectivity index (χ0v) is 11.2. The molecule has 2 N–H and O–H groups in total. The third-order valence-electron chi connectivity index (χ3n) is 2.64. The molecule has 1 aromatic rings. The van der Waals surface area contributed by atoms with Crippen LogP contribution in [0.5, 0.6) is 5.75 Å². The van der Waals surface area contributed by atoms with Crippen LogP contribution in [0.2, 0.25) is 0 Å². The summed E-state index contributed by atoms with van der Waals surface area (Å²) in [4.78, 5) is 11.5. The molecule has 0 radical (unpaired) electrons. The summed E-state index contributed by atoms with van der Waals surface area (Å²) >= 11 is 0. The lowest BCUT2D eigenvalue weighted by atomic mass is 9.90. The third-order valence-corrected chi connectivity index (χ3v) is 2.64. The maximum absolute atomic E-state index is 11.5. The number of esters is 1. The van der Waals surface area contributed by atoms with Crippen LogP contribution in [0.3, 0.4) is 0 Å². The van der Waals surface area contributed by atoms with Crippen molar-refractivity contribution in [2.45, 2.75) is 32.2 Å². The molecule has 0 amide bonds. The monoisotopic (exact) mass is 251 g/mol. The number of hydrogen-bond acceptors (Lipinski definition) is 4. The highest BCUT2D eigenvalue weighted by Crippen LogP contribution is 2.23. The number of benzene rings is 1. The van der Waals surface area contributed by atoms with Gasteiger partial charge in [0.15, 0.2) is 0 Å². The molecule has 18 heavy (non-hydrogen) atoms. The largest absolute Gasteiger partial charge is 0.496 e. The Morgan fingerprint density at radius 2 is 2.06 bits per heavy atom. The van der Waals surface area contributed by atoms with Crippen LogP contribution in [0.4, 0.5) is 0 Å². The zero-order valence-electron chi connectivity index (χ0n) is 11.2. The normalized spacial score (nSPS) is 13.8. The van der Waals surface area contributed by atoms with E-state index in [4.69, 9.17) is 15.2 Å². The SMILES string of the molecule is CCOC(=O)CC(C)(N)Cc1ccccc1OC. The molecule has 1 rings (SSSR count). The Labute approximate surface area is 108 Å². The molecule has 4 heteroatoms. The number of para-hydroxylation sites is 1. The minimum Gasteiger partial charge on any atom is -0.496 e. The fourth-order valence-corrected chi connectivity index (χ4v) is 1.89. The van der Waals surface area contributed by atoms with E-state index in [-0.39, 0.29) is 12.4 Å². The molecule has 1 aromatic carbocycles. The van der Waals surface area contributed by atoms with E-state index in [9.17, 15) is 4.79 Å². The van der Waals surface area contributed by atoms with Crippen LogP contribution in [-0.2, 0) is 16.0 Å². The van der Waals surface area contributed by atoms with Crippen molar-refractivity contribution in [1.29, 1.82) is 0 Å². The Balaban J connectivity index is 2.72. The topological polar surface area (TPSA) is 61.5 Å². The molecule has 0 fully saturated rings. The van der Waals surface area contributed by atoms with E-state index in [0.717, 1.165) is 11.3 Å². The minimum absolute atomic E-state index is 0.193. The quantitative estimate of drug-likeness (QED) is 0.784. The second kappa shape index (κ2) is 6.40. The van der Waals surface area contributed by atoms with Gasteiger partial charge < -0.3 is 15.2 Å². The van der Waals surface area contributed by atoms with Crippen LogP contribution in [0, 0.1) is 0 Å². The average Bonchev–Trinajstić information content (AvgIpc) is 2.28. The van der Waals surface area contributed by atoms with Gasteiger partial charge in [-0.1, -0.05) is 18.2 Å². The van der Waals surface area contributed by atoms with Gasteiger partial charge in [0.1, 0.15) is 5.75 Å². The first kappa shape index (κ1) is 14.5. The Morgan fingerprint density at radius 1 is 1.39 bits per heavy atom. The van der Waals surface area contributed by atoms with Crippen molar-refractivity contribution >= 4 is 5.97 Å². The van der Waals surface area contributed by atoms with E-state index in [1.54, 1.807) is 14.0 Å². The molecule has 0 spiro atoms. The van der Waals surface area contributed by atoms with Crippen molar-refractivity contribution < 1.29 is 14.3 Å². The highest BCUT2D eigenvalue weighted by atomic mass is 16.5. The van der Waals surface area contributed by atoms with Crippen LogP contribution in [-0.4, -0.2) is 25.2 Å². The van der Waals surface area contributed by atoms with Gasteiger partial charge in [-0.15, -0.1) is 0 Å². The number of carbonyl (C=O) groups is 1. The number of ether oxygens (including phenoxy) is 2. The van der Waals surface area contributed by atoms with Gasteiger partial charge in [0, 0.05) is 5.54 Å². The molecule has 0 saturated carbocycles. The Bertz CT molecular complexity index is 402. The molecule has 1 unspecified atom stereocenters. The molecule has 100 valence electrons. The highest BCUT2D eigenvalue weighted by Gasteiger charge is 2.25. The lowest BCUT2D eigenvalue weighted by Crippen LogP contribution is -2.41. The van der Waals surface area contributed by atoms with Crippen molar-refractivity contribution in [3.8, 4) is 5.75 Å². The molecule has 1 atom stereocenters. The summed E-state index contributed by atoms with van der Waals surface area (Å²) in [5.41, 5.74) is 6.50. The van der Waals surface area contributed by atoms with Crippen molar-refractivity contribution in [3.63, 3.8) is 0 Å². The van der Waals surface area contributed by atoms with Crippen molar-refractivity contribution in [3.05, 3.63) is 29.8 Å². The number of hydrogen-bond donors (Lipinski definition) is 1. The highest BCUT2D eigenvalue weighted by molar-refractivity contribution is 5.70. The van der Waals surface area contributed by atoms with Gasteiger partial charge in [0.25, 0.3) is 0 Å². The molecule has 0 aliphatic carbocycles. The van der Waals surface area contributed by atoms with Crippen LogP contribution in [0.15, 0.2) is 24.3 Å². The number of carbonyl (C=O) groups excluding carboxylic acids is 1. The molecule has 0 aliphatic heterocycles. The van der Waals surface area contributed by atoms with E-state index in [0.29, 0.717) is 13.0 Å². The maximum atomic E-state index is 11.5. The lowest BCUT2D eigenvalue weighted by Gasteiger charge is -2.24. The van der Waals surface area contributed by atoms with Gasteiger partial charge in [0.05, 0.1) is 20.1 Å². The van der Waals surface area contributed by atoms with Gasteiger partial charge in [0.2, 0.25) is 0 Å². The average molecular weight is 251 g/mol. The maximum Gasteiger partial charge on any atom is 0.307 e. The smallest absolute Gasteiger partial charge is 0.307 e. The standard InChI is InChI=1S/C14H21NO3/c1-4-18-13(16)10-14(2,15)9-11-7-5-6-8-12(11)17-3/h5-8H,4,9-10,15H2,1-3H3. The number of rotatable bonds is 6. The van der Waals surface area contributed by atoms with E-state index >= 15 is 0 Å². The Kier molecular flexibility index (Phi) is 5.16. The first-order valence-corrected chi connectivity index (χ1v) is 6.05. The second-order valence-corrected chi connectivity index (χ2v) is 4.62. The van der Waals surface area contributed by atoms with E-state index in [1.165, 1.54) is 0 Å². The predicted molar refractivity (Wildman–Crippen MR) is 70.5 cm³/mol. The van der Waals surface area contributed by atoms with Gasteiger partial charge >= 0.3 is 5.97 Å². The molecular formula is C14H21NO3. The van der Waals surface area contributed by atoms with Crippen LogP contribution < -0.4 is 10.5 Å². The Hall–Kier alpha value is -1.55. The predicted octanol–water partition coefficient (Wildman–Crippen LogP) is 1.91. The zero-order chi connectivity index (χ0) is 13.6. The summed E-state index contributed by atoms with van der Waals surface area (Å²) < 4.78 is 10.2. The summed E-state index contributed by atoms with van der Waals surface area (Å²) in [7, 11) is 1.62. The van der Waals surface area contributed by atoms with Gasteiger partial charge in [-0.3, -0.25) is 4.79 Å². The fraction of sp³-hybridized carbons (Fsp3) is 0.500. The number of nitrogens with two attached hydrogens (primary N) is 1. The van der Waals surface area contributed by atoms with Crippen molar-refractivity contribution in [2.24, 2.45) is 5.73 Å². The summed E-state index contributed by atoms with van der Waals surface area (Å²) in [5.74, 6) is 0.524. The van der Waals surface area contributed by atoms with Crippen LogP contribution >= 0.6 is 0 Å².